The molecule has 0 fully saturated rings. The Morgan fingerprint density at radius 2 is 1.41 bits per heavy atom. The van der Waals surface area contributed by atoms with Gasteiger partial charge in [0.05, 0.1) is 18.8 Å². The third-order valence-corrected chi connectivity index (χ3v) is 6.23. The zero-order valence-corrected chi connectivity index (χ0v) is 18.4. The predicted octanol–water partition coefficient (Wildman–Crippen LogP) is 4.91. The molecule has 0 radical (unpaired) electrons. The van der Waals surface area contributed by atoms with Crippen molar-refractivity contribution in [1.82, 2.24) is 0 Å². The highest BCUT2D eigenvalue weighted by Crippen LogP contribution is 2.51. The second-order valence-corrected chi connectivity index (χ2v) is 8.13. The van der Waals surface area contributed by atoms with Crippen molar-refractivity contribution in [3.8, 4) is 11.5 Å². The molecular weight excluding hydrogens is 433 g/mol. The fraction of sp³-hybridized carbons (Fsp3) is 0.107. The highest BCUT2D eigenvalue weighted by Gasteiger charge is 2.54. The number of carbonyl (C=O) groups is 1. The molecule has 1 unspecified atom stereocenters. The Kier molecular flexibility index (Phi) is 5.30. The van der Waals surface area contributed by atoms with Gasteiger partial charge in [0.15, 0.2) is 11.6 Å². The molecule has 4 aromatic carbocycles. The Balaban J connectivity index is 1.76. The van der Waals surface area contributed by atoms with Gasteiger partial charge in [-0.1, -0.05) is 78.9 Å². The smallest absolute Gasteiger partial charge is 0.269 e. The maximum absolute atomic E-state index is 14.2. The Labute approximate surface area is 196 Å². The van der Waals surface area contributed by atoms with Crippen molar-refractivity contribution in [3.63, 3.8) is 0 Å². The van der Waals surface area contributed by atoms with Crippen LogP contribution in [0.3, 0.4) is 0 Å². The summed E-state index contributed by atoms with van der Waals surface area (Å²) in [6, 6.07) is 27.4. The molecular formula is C28H22FNO4. The summed E-state index contributed by atoms with van der Waals surface area (Å²) in [5, 5.41) is 22.6. The zero-order valence-electron chi connectivity index (χ0n) is 18.4. The fourth-order valence-corrected chi connectivity index (χ4v) is 4.66. The van der Waals surface area contributed by atoms with E-state index in [0.29, 0.717) is 11.3 Å². The SMILES string of the molecule is COc1cc(C2(O)C(=O)N(C(c3ccccc3)c3ccccc3)c3ccccc32)c(O)cc1F. The van der Waals surface area contributed by atoms with Crippen LogP contribution in [0, 0.1) is 5.82 Å². The number of phenolic OH excluding ortho intramolecular Hbond substituents is 1. The van der Waals surface area contributed by atoms with Crippen molar-refractivity contribution in [1.29, 1.82) is 0 Å². The van der Waals surface area contributed by atoms with Crippen LogP contribution in [0.2, 0.25) is 0 Å². The van der Waals surface area contributed by atoms with Crippen molar-refractivity contribution < 1.29 is 24.1 Å². The van der Waals surface area contributed by atoms with Gasteiger partial charge in [-0.15, -0.1) is 0 Å². The number of ether oxygens (including phenoxy) is 1. The van der Waals surface area contributed by atoms with Crippen LogP contribution in [0.25, 0.3) is 0 Å². The number of fused-ring (bicyclic) bond motifs is 1. The first-order valence-electron chi connectivity index (χ1n) is 10.8. The van der Waals surface area contributed by atoms with Crippen molar-refractivity contribution in [3.05, 3.63) is 125 Å². The minimum Gasteiger partial charge on any atom is -0.507 e. The predicted molar refractivity (Wildman–Crippen MR) is 126 cm³/mol. The molecule has 0 saturated heterocycles. The normalized spacial score (nSPS) is 17.2. The summed E-state index contributed by atoms with van der Waals surface area (Å²) in [5.74, 6) is -2.18. The second-order valence-electron chi connectivity index (χ2n) is 8.13. The number of phenols is 1. The third-order valence-electron chi connectivity index (χ3n) is 6.23. The largest absolute Gasteiger partial charge is 0.507 e. The van der Waals surface area contributed by atoms with Crippen LogP contribution in [0.5, 0.6) is 11.5 Å². The van der Waals surface area contributed by atoms with Crippen LogP contribution in [0.15, 0.2) is 97.1 Å². The second kappa shape index (κ2) is 8.32. The number of para-hydroxylation sites is 1. The molecule has 0 bridgehead atoms. The van der Waals surface area contributed by atoms with Gasteiger partial charge in [-0.3, -0.25) is 9.69 Å². The topological polar surface area (TPSA) is 70.0 Å². The number of halogens is 1. The number of nitrogens with zero attached hydrogens (tertiary/aromatic N) is 1. The molecule has 0 aliphatic carbocycles. The molecule has 2 N–H and O–H groups in total. The Hall–Kier alpha value is -4.16. The summed E-state index contributed by atoms with van der Waals surface area (Å²) >= 11 is 0. The van der Waals surface area contributed by atoms with Crippen LogP contribution in [0.1, 0.15) is 28.3 Å². The molecule has 1 heterocycles. The highest BCUT2D eigenvalue weighted by atomic mass is 19.1. The number of methoxy groups -OCH3 is 1. The van der Waals surface area contributed by atoms with E-state index in [1.807, 2.05) is 60.7 Å². The lowest BCUT2D eigenvalue weighted by molar-refractivity contribution is -0.132. The molecule has 5 nitrogen and oxygen atoms in total. The van der Waals surface area contributed by atoms with Crippen molar-refractivity contribution in [2.24, 2.45) is 0 Å². The van der Waals surface area contributed by atoms with Gasteiger partial charge in [-0.25, -0.2) is 4.39 Å². The summed E-state index contributed by atoms with van der Waals surface area (Å²) in [6.45, 7) is 0. The van der Waals surface area contributed by atoms with Gasteiger partial charge in [-0.05, 0) is 23.3 Å². The molecule has 0 aromatic heterocycles. The Morgan fingerprint density at radius 3 is 2.00 bits per heavy atom. The number of hydrogen-bond donors (Lipinski definition) is 2. The third kappa shape index (κ3) is 3.23. The first-order valence-corrected chi connectivity index (χ1v) is 10.8. The van der Waals surface area contributed by atoms with E-state index in [4.69, 9.17) is 4.74 Å². The van der Waals surface area contributed by atoms with E-state index >= 15 is 0 Å². The minimum atomic E-state index is -2.25. The van der Waals surface area contributed by atoms with Crippen molar-refractivity contribution in [2.75, 3.05) is 12.0 Å². The molecule has 1 aliphatic rings. The molecule has 1 atom stereocenters. The molecule has 5 rings (SSSR count). The average Bonchev–Trinajstić information content (AvgIpc) is 3.09. The van der Waals surface area contributed by atoms with Crippen LogP contribution >= 0.6 is 0 Å². The standard InChI is InChI=1S/C28H22FNO4/c1-34-25-16-21(24(31)17-22(25)29)28(33)20-14-8-9-15-23(20)30(27(28)32)26(18-10-4-2-5-11-18)19-12-6-3-7-13-19/h2-17,26,31,33H,1H3. The minimum absolute atomic E-state index is 0.148. The molecule has 0 spiro atoms. The molecule has 34 heavy (non-hydrogen) atoms. The molecule has 1 amide bonds. The lowest BCUT2D eigenvalue weighted by atomic mass is 9.86. The summed E-state index contributed by atoms with van der Waals surface area (Å²) in [5.41, 5.74) is 0.0922. The van der Waals surface area contributed by atoms with E-state index in [1.165, 1.54) is 18.1 Å². The lowest BCUT2D eigenvalue weighted by Gasteiger charge is -2.31. The number of anilines is 1. The summed E-state index contributed by atoms with van der Waals surface area (Å²) in [6.07, 6.45) is 0. The lowest BCUT2D eigenvalue weighted by Crippen LogP contribution is -2.43. The van der Waals surface area contributed by atoms with E-state index in [0.717, 1.165) is 17.2 Å². The molecule has 170 valence electrons. The Bertz CT molecular complexity index is 1320. The summed E-state index contributed by atoms with van der Waals surface area (Å²) < 4.78 is 19.3. The van der Waals surface area contributed by atoms with Gasteiger partial charge in [0.2, 0.25) is 5.60 Å². The van der Waals surface area contributed by atoms with E-state index in [2.05, 4.69) is 0 Å². The average molecular weight is 455 g/mol. The molecule has 1 aliphatic heterocycles. The van der Waals surface area contributed by atoms with Gasteiger partial charge in [0.25, 0.3) is 5.91 Å². The van der Waals surface area contributed by atoms with Gasteiger partial charge in [-0.2, -0.15) is 0 Å². The van der Waals surface area contributed by atoms with Crippen molar-refractivity contribution >= 4 is 11.6 Å². The highest BCUT2D eigenvalue weighted by molar-refractivity contribution is 6.10. The number of hydrogen-bond acceptors (Lipinski definition) is 4. The molecule has 4 aromatic rings. The quantitative estimate of drug-likeness (QED) is 0.449. The van der Waals surface area contributed by atoms with Gasteiger partial charge in [0.1, 0.15) is 5.75 Å². The van der Waals surface area contributed by atoms with Crippen LogP contribution < -0.4 is 9.64 Å². The number of carbonyl (C=O) groups excluding carboxylic acids is 1. The van der Waals surface area contributed by atoms with Gasteiger partial charge in [0, 0.05) is 17.2 Å². The van der Waals surface area contributed by atoms with Gasteiger partial charge >= 0.3 is 0 Å². The van der Waals surface area contributed by atoms with Crippen molar-refractivity contribution in [2.45, 2.75) is 11.6 Å². The van der Waals surface area contributed by atoms with E-state index < -0.39 is 29.1 Å². The summed E-state index contributed by atoms with van der Waals surface area (Å²) in [4.78, 5) is 15.7. The zero-order chi connectivity index (χ0) is 23.9. The van der Waals surface area contributed by atoms with Crippen LogP contribution in [0.4, 0.5) is 10.1 Å². The number of aromatic hydroxyl groups is 1. The Morgan fingerprint density at radius 1 is 0.853 bits per heavy atom. The fourth-order valence-electron chi connectivity index (χ4n) is 4.66. The summed E-state index contributed by atoms with van der Waals surface area (Å²) in [7, 11) is 1.28. The van der Waals surface area contributed by atoms with Gasteiger partial charge < -0.3 is 14.9 Å². The maximum Gasteiger partial charge on any atom is 0.269 e. The van der Waals surface area contributed by atoms with E-state index in [-0.39, 0.29) is 11.3 Å². The van der Waals surface area contributed by atoms with E-state index in [9.17, 15) is 19.4 Å². The maximum atomic E-state index is 14.2. The van der Waals surface area contributed by atoms with Crippen LogP contribution in [-0.2, 0) is 10.4 Å². The number of benzene rings is 4. The monoisotopic (exact) mass is 455 g/mol. The number of aliphatic hydroxyl groups is 1. The number of rotatable bonds is 5. The first kappa shape index (κ1) is 21.7. The molecule has 6 heteroatoms. The van der Waals surface area contributed by atoms with E-state index in [1.54, 1.807) is 24.3 Å². The number of amides is 1. The van der Waals surface area contributed by atoms with Crippen LogP contribution in [-0.4, -0.2) is 23.2 Å². The molecule has 0 saturated carbocycles. The first-order chi connectivity index (χ1) is 16.5.